The van der Waals surface area contributed by atoms with Crippen molar-refractivity contribution >= 4 is 11.8 Å². The summed E-state index contributed by atoms with van der Waals surface area (Å²) in [6, 6.07) is 9.82. The molecule has 2 aromatic rings. The van der Waals surface area contributed by atoms with Gasteiger partial charge in [-0.15, -0.1) is 0 Å². The quantitative estimate of drug-likeness (QED) is 0.849. The molecule has 0 atom stereocenters. The molecular weight excluding hydrogens is 242 g/mol. The van der Waals surface area contributed by atoms with Crippen LogP contribution in [0.3, 0.4) is 0 Å². The Morgan fingerprint density at radius 2 is 2.05 bits per heavy atom. The lowest BCUT2D eigenvalue weighted by molar-refractivity contribution is 0.0517. The maximum atomic E-state index is 11.9. The van der Waals surface area contributed by atoms with E-state index in [0.29, 0.717) is 30.1 Å². The first-order chi connectivity index (χ1) is 9.13. The fourth-order valence-corrected chi connectivity index (χ4v) is 1.92. The number of aromatic nitrogens is 2. The Morgan fingerprint density at radius 1 is 1.37 bits per heavy atom. The summed E-state index contributed by atoms with van der Waals surface area (Å²) in [6.45, 7) is 2.08. The highest BCUT2D eigenvalue weighted by Gasteiger charge is 2.21. The van der Waals surface area contributed by atoms with E-state index in [-0.39, 0.29) is 0 Å². The van der Waals surface area contributed by atoms with Crippen LogP contribution in [-0.2, 0) is 18.2 Å². The molecule has 0 amide bonds. The molecule has 0 fully saturated rings. The Bertz CT molecular complexity index is 576. The molecule has 0 aliphatic rings. The molecule has 1 aromatic carbocycles. The van der Waals surface area contributed by atoms with Gasteiger partial charge in [0, 0.05) is 19.0 Å². The minimum atomic E-state index is -0.430. The number of aryl methyl sites for hydroxylation is 1. The second-order valence-electron chi connectivity index (χ2n) is 4.22. The second-order valence-corrected chi connectivity index (χ2v) is 4.22. The SMILES string of the molecule is CCOC(=O)c1nn(C)c(N)c1Cc1ccccc1. The van der Waals surface area contributed by atoms with Gasteiger partial charge in [-0.25, -0.2) is 4.79 Å². The summed E-state index contributed by atoms with van der Waals surface area (Å²) in [5, 5.41) is 4.14. The largest absolute Gasteiger partial charge is 0.461 e. The Labute approximate surface area is 112 Å². The zero-order chi connectivity index (χ0) is 13.8. The topological polar surface area (TPSA) is 70.1 Å². The highest BCUT2D eigenvalue weighted by Crippen LogP contribution is 2.21. The van der Waals surface area contributed by atoms with Crippen molar-refractivity contribution < 1.29 is 9.53 Å². The predicted molar refractivity (Wildman–Crippen MR) is 72.8 cm³/mol. The summed E-state index contributed by atoms with van der Waals surface area (Å²) in [7, 11) is 1.71. The van der Waals surface area contributed by atoms with Gasteiger partial charge in [-0.1, -0.05) is 30.3 Å². The number of rotatable bonds is 4. The molecule has 100 valence electrons. The van der Waals surface area contributed by atoms with E-state index in [9.17, 15) is 4.79 Å². The van der Waals surface area contributed by atoms with Crippen molar-refractivity contribution in [3.05, 3.63) is 47.2 Å². The molecule has 2 N–H and O–H groups in total. The molecule has 0 aliphatic heterocycles. The van der Waals surface area contributed by atoms with E-state index in [1.165, 1.54) is 4.68 Å². The molecule has 2 rings (SSSR count). The van der Waals surface area contributed by atoms with Crippen LogP contribution in [0.15, 0.2) is 30.3 Å². The maximum absolute atomic E-state index is 11.9. The summed E-state index contributed by atoms with van der Waals surface area (Å²) in [4.78, 5) is 11.9. The van der Waals surface area contributed by atoms with E-state index in [4.69, 9.17) is 10.5 Å². The number of nitrogens with zero attached hydrogens (tertiary/aromatic N) is 2. The Hall–Kier alpha value is -2.30. The van der Waals surface area contributed by atoms with Crippen LogP contribution in [0.1, 0.15) is 28.5 Å². The van der Waals surface area contributed by atoms with Crippen LogP contribution in [0, 0.1) is 0 Å². The van der Waals surface area contributed by atoms with Gasteiger partial charge in [0.05, 0.1) is 6.61 Å². The number of anilines is 1. The minimum Gasteiger partial charge on any atom is -0.461 e. The molecule has 0 radical (unpaired) electrons. The lowest BCUT2D eigenvalue weighted by Crippen LogP contribution is -2.09. The van der Waals surface area contributed by atoms with Crippen LogP contribution in [0.25, 0.3) is 0 Å². The summed E-state index contributed by atoms with van der Waals surface area (Å²) < 4.78 is 6.51. The van der Waals surface area contributed by atoms with Crippen LogP contribution in [0.2, 0.25) is 0 Å². The molecule has 0 saturated heterocycles. The second kappa shape index (κ2) is 5.56. The van der Waals surface area contributed by atoms with E-state index in [1.807, 2.05) is 30.3 Å². The third-order valence-electron chi connectivity index (χ3n) is 2.89. The zero-order valence-corrected chi connectivity index (χ0v) is 11.1. The molecule has 1 aromatic heterocycles. The molecule has 0 unspecified atom stereocenters. The van der Waals surface area contributed by atoms with Crippen molar-refractivity contribution in [2.75, 3.05) is 12.3 Å². The number of ether oxygens (including phenoxy) is 1. The van der Waals surface area contributed by atoms with E-state index in [1.54, 1.807) is 14.0 Å². The number of nitrogens with two attached hydrogens (primary N) is 1. The first-order valence-electron chi connectivity index (χ1n) is 6.15. The van der Waals surface area contributed by atoms with Crippen LogP contribution in [0.5, 0.6) is 0 Å². The molecule has 0 spiro atoms. The van der Waals surface area contributed by atoms with Gasteiger partial charge < -0.3 is 10.5 Å². The molecule has 19 heavy (non-hydrogen) atoms. The number of hydrogen-bond donors (Lipinski definition) is 1. The first-order valence-corrected chi connectivity index (χ1v) is 6.15. The summed E-state index contributed by atoms with van der Waals surface area (Å²) in [5.41, 5.74) is 8.07. The van der Waals surface area contributed by atoms with Gasteiger partial charge in [-0.05, 0) is 12.5 Å². The first kappa shape index (κ1) is 13.1. The maximum Gasteiger partial charge on any atom is 0.359 e. The van der Waals surface area contributed by atoms with E-state index >= 15 is 0 Å². The van der Waals surface area contributed by atoms with Gasteiger partial charge in [0.1, 0.15) is 5.82 Å². The Morgan fingerprint density at radius 3 is 2.68 bits per heavy atom. The Kier molecular flexibility index (Phi) is 3.85. The minimum absolute atomic E-state index is 0.297. The van der Waals surface area contributed by atoms with Crippen molar-refractivity contribution in [1.82, 2.24) is 9.78 Å². The average molecular weight is 259 g/mol. The van der Waals surface area contributed by atoms with Gasteiger partial charge in [0.2, 0.25) is 0 Å². The number of carbonyl (C=O) groups is 1. The van der Waals surface area contributed by atoms with Gasteiger partial charge in [-0.3, -0.25) is 4.68 Å². The highest BCUT2D eigenvalue weighted by molar-refractivity contribution is 5.90. The summed E-state index contributed by atoms with van der Waals surface area (Å²) in [5.74, 6) is 0.0626. The van der Waals surface area contributed by atoms with E-state index in [0.717, 1.165) is 5.56 Å². The third-order valence-corrected chi connectivity index (χ3v) is 2.89. The standard InChI is InChI=1S/C14H17N3O2/c1-3-19-14(18)12-11(13(15)17(2)16-12)9-10-7-5-4-6-8-10/h4-8H,3,9,15H2,1-2H3. The highest BCUT2D eigenvalue weighted by atomic mass is 16.5. The number of benzene rings is 1. The van der Waals surface area contributed by atoms with Crippen molar-refractivity contribution in [2.45, 2.75) is 13.3 Å². The molecular formula is C14H17N3O2. The van der Waals surface area contributed by atoms with Crippen LogP contribution in [0.4, 0.5) is 5.82 Å². The summed E-state index contributed by atoms with van der Waals surface area (Å²) >= 11 is 0. The van der Waals surface area contributed by atoms with Gasteiger partial charge >= 0.3 is 5.97 Å². The van der Waals surface area contributed by atoms with Crippen molar-refractivity contribution in [2.24, 2.45) is 7.05 Å². The monoisotopic (exact) mass is 259 g/mol. The smallest absolute Gasteiger partial charge is 0.359 e. The van der Waals surface area contributed by atoms with E-state index < -0.39 is 5.97 Å². The third kappa shape index (κ3) is 2.76. The summed E-state index contributed by atoms with van der Waals surface area (Å²) in [6.07, 6.45) is 0.564. The molecule has 0 bridgehead atoms. The Balaban J connectivity index is 2.36. The van der Waals surface area contributed by atoms with Gasteiger partial charge in [0.25, 0.3) is 0 Å². The number of carbonyl (C=O) groups excluding carboxylic acids is 1. The normalized spacial score (nSPS) is 10.4. The number of esters is 1. The van der Waals surface area contributed by atoms with Crippen molar-refractivity contribution in [3.63, 3.8) is 0 Å². The predicted octanol–water partition coefficient (Wildman–Crippen LogP) is 1.77. The molecule has 1 heterocycles. The number of hydrogen-bond acceptors (Lipinski definition) is 4. The lowest BCUT2D eigenvalue weighted by atomic mass is 10.0. The number of nitrogen functional groups attached to an aromatic ring is 1. The molecule has 0 aliphatic carbocycles. The molecule has 0 saturated carbocycles. The fraction of sp³-hybridized carbons (Fsp3) is 0.286. The zero-order valence-electron chi connectivity index (χ0n) is 11.1. The van der Waals surface area contributed by atoms with Crippen LogP contribution < -0.4 is 5.73 Å². The van der Waals surface area contributed by atoms with Crippen molar-refractivity contribution in [3.8, 4) is 0 Å². The van der Waals surface area contributed by atoms with Crippen molar-refractivity contribution in [1.29, 1.82) is 0 Å². The van der Waals surface area contributed by atoms with Gasteiger partial charge in [-0.2, -0.15) is 5.10 Å². The average Bonchev–Trinajstić information content (AvgIpc) is 2.69. The van der Waals surface area contributed by atoms with E-state index in [2.05, 4.69) is 5.10 Å². The van der Waals surface area contributed by atoms with Crippen LogP contribution >= 0.6 is 0 Å². The molecule has 5 nitrogen and oxygen atoms in total. The fourth-order valence-electron chi connectivity index (χ4n) is 1.92. The lowest BCUT2D eigenvalue weighted by Gasteiger charge is -2.04. The molecule has 5 heteroatoms. The van der Waals surface area contributed by atoms with Crippen LogP contribution in [-0.4, -0.2) is 22.4 Å². The van der Waals surface area contributed by atoms with Gasteiger partial charge in [0.15, 0.2) is 5.69 Å².